The van der Waals surface area contributed by atoms with Crippen LogP contribution in [-0.2, 0) is 4.74 Å². The van der Waals surface area contributed by atoms with Crippen LogP contribution in [-0.4, -0.2) is 17.1 Å². The fourth-order valence-corrected chi connectivity index (χ4v) is 4.29. The number of hydrogen-bond acceptors (Lipinski definition) is 1. The second kappa shape index (κ2) is 2.64. The zero-order chi connectivity index (χ0) is 9.05. The Morgan fingerprint density at radius 3 is 3.08 bits per heavy atom. The summed E-state index contributed by atoms with van der Waals surface area (Å²) in [7, 11) is 0. The van der Waals surface area contributed by atoms with E-state index in [4.69, 9.17) is 16.3 Å². The van der Waals surface area contributed by atoms with Gasteiger partial charge in [-0.15, -0.1) is 11.6 Å². The molecule has 2 aliphatic heterocycles. The van der Waals surface area contributed by atoms with Crippen LogP contribution in [0.4, 0.5) is 0 Å². The molecule has 2 saturated heterocycles. The molecule has 0 N–H and O–H groups in total. The molecular weight excluding hydrogens is 184 g/mol. The van der Waals surface area contributed by atoms with Crippen LogP contribution in [0.2, 0.25) is 0 Å². The van der Waals surface area contributed by atoms with E-state index in [9.17, 15) is 0 Å². The summed E-state index contributed by atoms with van der Waals surface area (Å²) < 4.78 is 6.20. The molecule has 2 bridgehead atoms. The van der Waals surface area contributed by atoms with Crippen LogP contribution in [0.25, 0.3) is 0 Å². The van der Waals surface area contributed by atoms with Gasteiger partial charge in [0.15, 0.2) is 0 Å². The molecule has 0 aromatic rings. The lowest BCUT2D eigenvalue weighted by molar-refractivity contribution is -0.102. The number of hydrogen-bond donors (Lipinski definition) is 0. The highest BCUT2D eigenvalue weighted by Crippen LogP contribution is 2.57. The van der Waals surface area contributed by atoms with Gasteiger partial charge in [-0.1, -0.05) is 13.3 Å². The van der Waals surface area contributed by atoms with E-state index in [-0.39, 0.29) is 11.0 Å². The van der Waals surface area contributed by atoms with Gasteiger partial charge < -0.3 is 4.74 Å². The highest BCUT2D eigenvalue weighted by atomic mass is 35.5. The molecule has 2 heteroatoms. The van der Waals surface area contributed by atoms with Crippen molar-refractivity contribution in [3.8, 4) is 0 Å². The van der Waals surface area contributed by atoms with Gasteiger partial charge in [0, 0.05) is 0 Å². The second-order valence-corrected chi connectivity index (χ2v) is 5.64. The largest absolute Gasteiger partial charge is 0.370 e. The Morgan fingerprint density at radius 1 is 1.38 bits per heavy atom. The molecule has 0 amide bonds. The average molecular weight is 201 g/mol. The highest BCUT2D eigenvalue weighted by molar-refractivity contribution is 6.21. The van der Waals surface area contributed by atoms with Crippen molar-refractivity contribution in [3.63, 3.8) is 0 Å². The van der Waals surface area contributed by atoms with Crippen molar-refractivity contribution in [3.05, 3.63) is 0 Å². The van der Waals surface area contributed by atoms with E-state index >= 15 is 0 Å². The van der Waals surface area contributed by atoms with Crippen LogP contribution in [0, 0.1) is 11.8 Å². The number of ether oxygens (including phenoxy) is 1. The molecule has 2 heterocycles. The van der Waals surface area contributed by atoms with Crippen LogP contribution < -0.4 is 0 Å². The Kier molecular flexibility index (Phi) is 1.73. The van der Waals surface area contributed by atoms with Gasteiger partial charge in [0.05, 0.1) is 17.1 Å². The Hall–Kier alpha value is 0.250. The van der Waals surface area contributed by atoms with E-state index in [0.29, 0.717) is 12.0 Å². The quantitative estimate of drug-likeness (QED) is 0.547. The van der Waals surface area contributed by atoms with Crippen molar-refractivity contribution in [2.75, 3.05) is 0 Å². The van der Waals surface area contributed by atoms with Crippen LogP contribution in [0.15, 0.2) is 0 Å². The van der Waals surface area contributed by atoms with Crippen LogP contribution in [0.1, 0.15) is 39.0 Å². The normalized spacial score (nSPS) is 59.5. The van der Waals surface area contributed by atoms with Gasteiger partial charge in [-0.25, -0.2) is 0 Å². The maximum Gasteiger partial charge on any atom is 0.0878 e. The van der Waals surface area contributed by atoms with Gasteiger partial charge in [0.2, 0.25) is 0 Å². The summed E-state index contributed by atoms with van der Waals surface area (Å²) >= 11 is 6.47. The third-order valence-electron chi connectivity index (χ3n) is 4.44. The van der Waals surface area contributed by atoms with E-state index in [1.165, 1.54) is 32.1 Å². The van der Waals surface area contributed by atoms with Crippen LogP contribution >= 0.6 is 11.6 Å². The lowest BCUT2D eigenvalue weighted by atomic mass is 9.86. The van der Waals surface area contributed by atoms with Gasteiger partial charge in [0.25, 0.3) is 0 Å². The van der Waals surface area contributed by atoms with E-state index in [2.05, 4.69) is 6.92 Å². The first-order chi connectivity index (χ1) is 6.22. The van der Waals surface area contributed by atoms with E-state index in [1.807, 2.05) is 0 Å². The fraction of sp³-hybridized carbons (Fsp3) is 1.00. The van der Waals surface area contributed by atoms with Crippen LogP contribution in [0.3, 0.4) is 0 Å². The minimum atomic E-state index is 0.110. The lowest BCUT2D eigenvalue weighted by Crippen LogP contribution is -2.46. The standard InChI is InChI=1S/C11H17ClO/c1-7-5-10(12)11-4-2-3-8(11)6-9(7)13-11/h7-10H,2-6H2,1H3. The number of rotatable bonds is 0. The summed E-state index contributed by atoms with van der Waals surface area (Å²) in [5.41, 5.74) is 0.110. The molecule has 1 nitrogen and oxygen atoms in total. The second-order valence-electron chi connectivity index (χ2n) is 5.12. The molecule has 3 aliphatic rings. The predicted octanol–water partition coefficient (Wildman–Crippen LogP) is 2.96. The van der Waals surface area contributed by atoms with Crippen LogP contribution in [0.5, 0.6) is 0 Å². The first-order valence-electron chi connectivity index (χ1n) is 5.54. The maximum atomic E-state index is 6.47. The molecule has 0 aromatic carbocycles. The van der Waals surface area contributed by atoms with Gasteiger partial charge in [-0.3, -0.25) is 0 Å². The number of halogens is 1. The van der Waals surface area contributed by atoms with Crippen molar-refractivity contribution < 1.29 is 4.74 Å². The summed E-state index contributed by atoms with van der Waals surface area (Å²) in [6.07, 6.45) is 6.88. The first-order valence-corrected chi connectivity index (χ1v) is 5.98. The van der Waals surface area contributed by atoms with Crippen molar-refractivity contribution >= 4 is 11.6 Å². The zero-order valence-corrected chi connectivity index (χ0v) is 8.89. The summed E-state index contributed by atoms with van der Waals surface area (Å²) in [5.74, 6) is 1.46. The Balaban J connectivity index is 1.95. The van der Waals surface area contributed by atoms with Crippen molar-refractivity contribution in [2.45, 2.75) is 56.1 Å². The number of alkyl halides is 1. The van der Waals surface area contributed by atoms with Crippen molar-refractivity contribution in [1.82, 2.24) is 0 Å². The molecule has 13 heavy (non-hydrogen) atoms. The van der Waals surface area contributed by atoms with Crippen molar-refractivity contribution in [1.29, 1.82) is 0 Å². The van der Waals surface area contributed by atoms with Gasteiger partial charge in [0.1, 0.15) is 0 Å². The third-order valence-corrected chi connectivity index (χ3v) is 4.99. The predicted molar refractivity (Wildman–Crippen MR) is 53.0 cm³/mol. The Bertz CT molecular complexity index is 230. The minimum absolute atomic E-state index is 0.110. The lowest BCUT2D eigenvalue weighted by Gasteiger charge is -2.40. The summed E-state index contributed by atoms with van der Waals surface area (Å²) in [4.78, 5) is 0. The Morgan fingerprint density at radius 2 is 2.23 bits per heavy atom. The topological polar surface area (TPSA) is 9.23 Å². The molecule has 1 spiro atoms. The molecule has 3 fully saturated rings. The molecule has 1 saturated carbocycles. The zero-order valence-electron chi connectivity index (χ0n) is 8.13. The van der Waals surface area contributed by atoms with Crippen molar-refractivity contribution in [2.24, 2.45) is 11.8 Å². The summed E-state index contributed by atoms with van der Waals surface area (Å²) in [6, 6.07) is 0. The Labute approximate surface area is 84.8 Å². The third kappa shape index (κ3) is 0.979. The maximum absolute atomic E-state index is 6.47. The molecule has 74 valence electrons. The SMILES string of the molecule is CC1CC(Cl)C23CCCC2CC1O3. The monoisotopic (exact) mass is 200 g/mol. The summed E-state index contributed by atoms with van der Waals surface area (Å²) in [5, 5.41) is 0.286. The van der Waals surface area contributed by atoms with Gasteiger partial charge >= 0.3 is 0 Å². The van der Waals surface area contributed by atoms with E-state index in [0.717, 1.165) is 5.92 Å². The minimum Gasteiger partial charge on any atom is -0.370 e. The molecule has 5 atom stereocenters. The highest BCUT2D eigenvalue weighted by Gasteiger charge is 2.59. The molecule has 1 aliphatic carbocycles. The molecular formula is C11H17ClO. The first kappa shape index (κ1) is 8.55. The number of fused-ring (bicyclic) bond motifs is 1. The fourth-order valence-electron chi connectivity index (χ4n) is 3.67. The smallest absolute Gasteiger partial charge is 0.0878 e. The van der Waals surface area contributed by atoms with E-state index < -0.39 is 0 Å². The van der Waals surface area contributed by atoms with Gasteiger partial charge in [-0.2, -0.15) is 0 Å². The van der Waals surface area contributed by atoms with Gasteiger partial charge in [-0.05, 0) is 37.5 Å². The average Bonchev–Trinajstić information content (AvgIpc) is 2.54. The molecule has 5 unspecified atom stereocenters. The molecule has 0 aromatic heterocycles. The summed E-state index contributed by atoms with van der Waals surface area (Å²) in [6.45, 7) is 2.29. The van der Waals surface area contributed by atoms with E-state index in [1.54, 1.807) is 0 Å². The molecule has 0 radical (unpaired) electrons. The molecule has 3 rings (SSSR count).